The molecule has 0 saturated carbocycles. The highest BCUT2D eigenvalue weighted by atomic mass is 19.1. The Bertz CT molecular complexity index is 1030. The Labute approximate surface area is 180 Å². The van der Waals surface area contributed by atoms with Crippen LogP contribution in [0.3, 0.4) is 0 Å². The van der Waals surface area contributed by atoms with Crippen molar-refractivity contribution >= 4 is 17.3 Å². The second kappa shape index (κ2) is 9.92. The number of carbonyl (C=O) groups excluding carboxylic acids is 1. The van der Waals surface area contributed by atoms with Gasteiger partial charge in [-0.15, -0.1) is 0 Å². The van der Waals surface area contributed by atoms with Gasteiger partial charge in [-0.3, -0.25) is 0 Å². The molecule has 1 aliphatic heterocycles. The van der Waals surface area contributed by atoms with E-state index < -0.39 is 0 Å². The Balaban J connectivity index is 1.22. The first-order valence-electron chi connectivity index (χ1n) is 10.7. The minimum Gasteiger partial charge on any atom is -0.496 e. The minimum absolute atomic E-state index is 0.303. The van der Waals surface area contributed by atoms with Crippen LogP contribution in [0.1, 0.15) is 36.4 Å². The largest absolute Gasteiger partial charge is 0.496 e. The number of carbonyl (C=O) groups is 1. The average molecular weight is 426 g/mol. The fourth-order valence-electron chi connectivity index (χ4n) is 4.21. The van der Waals surface area contributed by atoms with Gasteiger partial charge < -0.3 is 23.7 Å². The zero-order chi connectivity index (χ0) is 21.6. The normalized spacial score (nSPS) is 15.3. The van der Waals surface area contributed by atoms with E-state index in [1.54, 1.807) is 13.2 Å². The number of rotatable bonds is 9. The predicted molar refractivity (Wildman–Crippen MR) is 115 cm³/mol. The Kier molecular flexibility index (Phi) is 6.82. The van der Waals surface area contributed by atoms with Crippen molar-refractivity contribution in [3.8, 4) is 11.5 Å². The van der Waals surface area contributed by atoms with Gasteiger partial charge in [-0.25, -0.2) is 4.39 Å². The molecule has 0 amide bonds. The number of fused-ring (bicyclic) bond motifs is 1. The standard InChI is InChI=1S/C24H27FN2O4/c1-29-22-16-20(5-3-17(22)9-13-28)30-14-2-10-27-11-7-18(8-12-27)24-21-6-4-19(25)15-23(21)31-26-24/h3-6,13,15-16,18H,2,7-12,14H2,1H3. The molecule has 164 valence electrons. The van der Waals surface area contributed by atoms with Crippen molar-refractivity contribution in [1.82, 2.24) is 10.1 Å². The van der Waals surface area contributed by atoms with E-state index in [4.69, 9.17) is 14.0 Å². The number of ether oxygens (including phenoxy) is 2. The van der Waals surface area contributed by atoms with Gasteiger partial charge in [0.1, 0.15) is 23.6 Å². The highest BCUT2D eigenvalue weighted by molar-refractivity contribution is 5.79. The van der Waals surface area contributed by atoms with Crippen molar-refractivity contribution in [2.75, 3.05) is 33.4 Å². The molecule has 0 radical (unpaired) electrons. The minimum atomic E-state index is -0.303. The van der Waals surface area contributed by atoms with Crippen LogP contribution < -0.4 is 9.47 Å². The van der Waals surface area contributed by atoms with Crippen LogP contribution >= 0.6 is 0 Å². The summed E-state index contributed by atoms with van der Waals surface area (Å²) < 4.78 is 29.9. The van der Waals surface area contributed by atoms with Gasteiger partial charge in [0.05, 0.1) is 19.4 Å². The number of methoxy groups -OCH3 is 1. The number of nitrogens with zero attached hydrogens (tertiary/aromatic N) is 2. The van der Waals surface area contributed by atoms with Gasteiger partial charge in [0.2, 0.25) is 0 Å². The SMILES string of the molecule is COc1cc(OCCCN2CCC(c3noc4cc(F)ccc34)CC2)ccc1CC=O. The Morgan fingerprint density at radius 2 is 2.06 bits per heavy atom. The van der Waals surface area contributed by atoms with Gasteiger partial charge in [-0.1, -0.05) is 11.2 Å². The lowest BCUT2D eigenvalue weighted by atomic mass is 9.91. The van der Waals surface area contributed by atoms with Gasteiger partial charge in [0, 0.05) is 42.0 Å². The molecule has 2 aromatic carbocycles. The van der Waals surface area contributed by atoms with Crippen LogP contribution in [0.25, 0.3) is 11.0 Å². The first-order valence-corrected chi connectivity index (χ1v) is 10.7. The number of halogens is 1. The molecule has 1 aliphatic rings. The van der Waals surface area contributed by atoms with Crippen LogP contribution in [0.2, 0.25) is 0 Å². The summed E-state index contributed by atoms with van der Waals surface area (Å²) in [5.74, 6) is 1.47. The van der Waals surface area contributed by atoms with Crippen LogP contribution in [-0.2, 0) is 11.2 Å². The third-order valence-corrected chi connectivity index (χ3v) is 5.89. The summed E-state index contributed by atoms with van der Waals surface area (Å²) in [5.41, 5.74) is 2.33. The topological polar surface area (TPSA) is 64.8 Å². The lowest BCUT2D eigenvalue weighted by molar-refractivity contribution is -0.107. The summed E-state index contributed by atoms with van der Waals surface area (Å²) in [5, 5.41) is 5.14. The molecule has 3 aromatic rings. The van der Waals surface area contributed by atoms with Crippen molar-refractivity contribution in [3.05, 3.63) is 53.5 Å². The van der Waals surface area contributed by atoms with E-state index in [2.05, 4.69) is 10.1 Å². The number of aromatic nitrogens is 1. The van der Waals surface area contributed by atoms with E-state index >= 15 is 0 Å². The molecule has 1 fully saturated rings. The summed E-state index contributed by atoms with van der Waals surface area (Å²) in [4.78, 5) is 13.2. The fourth-order valence-corrected chi connectivity index (χ4v) is 4.21. The smallest absolute Gasteiger partial charge is 0.170 e. The zero-order valence-electron chi connectivity index (χ0n) is 17.7. The quantitative estimate of drug-likeness (QED) is 0.374. The molecular formula is C24H27FN2O4. The second-order valence-corrected chi connectivity index (χ2v) is 7.87. The molecule has 7 heteroatoms. The van der Waals surface area contributed by atoms with Crippen LogP contribution in [-0.4, -0.2) is 49.7 Å². The van der Waals surface area contributed by atoms with Crippen molar-refractivity contribution in [2.24, 2.45) is 0 Å². The second-order valence-electron chi connectivity index (χ2n) is 7.87. The summed E-state index contributed by atoms with van der Waals surface area (Å²) in [7, 11) is 1.59. The maximum Gasteiger partial charge on any atom is 0.170 e. The lowest BCUT2D eigenvalue weighted by Gasteiger charge is -2.31. The first kappa shape index (κ1) is 21.3. The molecule has 2 heterocycles. The van der Waals surface area contributed by atoms with Crippen LogP contribution in [0.4, 0.5) is 4.39 Å². The third kappa shape index (κ3) is 5.05. The number of likely N-dealkylation sites (tertiary alicyclic amines) is 1. The molecule has 1 saturated heterocycles. The first-order chi connectivity index (χ1) is 15.2. The van der Waals surface area contributed by atoms with Crippen molar-refractivity contribution in [1.29, 1.82) is 0 Å². The molecule has 0 spiro atoms. The molecule has 1 aromatic heterocycles. The van der Waals surface area contributed by atoms with Crippen LogP contribution in [0.5, 0.6) is 11.5 Å². The highest BCUT2D eigenvalue weighted by Crippen LogP contribution is 2.32. The molecule has 0 bridgehead atoms. The molecular weight excluding hydrogens is 399 g/mol. The Hall–Kier alpha value is -2.93. The van der Waals surface area contributed by atoms with Crippen LogP contribution in [0, 0.1) is 5.82 Å². The van der Waals surface area contributed by atoms with Crippen molar-refractivity contribution in [2.45, 2.75) is 31.6 Å². The molecule has 6 nitrogen and oxygen atoms in total. The van der Waals surface area contributed by atoms with Crippen LogP contribution in [0.15, 0.2) is 40.9 Å². The van der Waals surface area contributed by atoms with E-state index in [1.807, 2.05) is 18.2 Å². The van der Waals surface area contributed by atoms with Crippen molar-refractivity contribution in [3.63, 3.8) is 0 Å². The van der Waals surface area contributed by atoms with Gasteiger partial charge in [0.25, 0.3) is 0 Å². The number of hydrogen-bond acceptors (Lipinski definition) is 6. The maximum absolute atomic E-state index is 13.4. The predicted octanol–water partition coefficient (Wildman–Crippen LogP) is 4.37. The van der Waals surface area contributed by atoms with E-state index in [9.17, 15) is 9.18 Å². The fraction of sp³-hybridized carbons (Fsp3) is 0.417. The summed E-state index contributed by atoms with van der Waals surface area (Å²) >= 11 is 0. The molecule has 31 heavy (non-hydrogen) atoms. The zero-order valence-corrected chi connectivity index (χ0v) is 17.7. The summed E-state index contributed by atoms with van der Waals surface area (Å²) in [6.07, 6.45) is 4.15. The molecule has 4 rings (SSSR count). The van der Waals surface area contributed by atoms with Gasteiger partial charge >= 0.3 is 0 Å². The Morgan fingerprint density at radius 1 is 1.23 bits per heavy atom. The lowest BCUT2D eigenvalue weighted by Crippen LogP contribution is -2.34. The van der Waals surface area contributed by atoms with E-state index in [0.717, 1.165) is 67.6 Å². The third-order valence-electron chi connectivity index (χ3n) is 5.89. The molecule has 0 atom stereocenters. The molecule has 0 N–H and O–H groups in total. The maximum atomic E-state index is 13.4. The van der Waals surface area contributed by atoms with Gasteiger partial charge in [-0.2, -0.15) is 0 Å². The van der Waals surface area contributed by atoms with E-state index in [0.29, 0.717) is 30.3 Å². The van der Waals surface area contributed by atoms with Gasteiger partial charge in [-0.05, 0) is 50.6 Å². The number of aldehydes is 1. The summed E-state index contributed by atoms with van der Waals surface area (Å²) in [6.45, 7) is 3.58. The van der Waals surface area contributed by atoms with Crippen molar-refractivity contribution < 1.29 is 23.2 Å². The Morgan fingerprint density at radius 3 is 2.84 bits per heavy atom. The average Bonchev–Trinajstić information content (AvgIpc) is 3.21. The van der Waals surface area contributed by atoms with Gasteiger partial charge in [0.15, 0.2) is 5.58 Å². The summed E-state index contributed by atoms with van der Waals surface area (Å²) in [6, 6.07) is 10.2. The molecule has 0 unspecified atom stereocenters. The number of benzene rings is 2. The monoisotopic (exact) mass is 426 g/mol. The number of piperidine rings is 1. The highest BCUT2D eigenvalue weighted by Gasteiger charge is 2.25. The van der Waals surface area contributed by atoms with E-state index in [-0.39, 0.29) is 5.82 Å². The molecule has 0 aliphatic carbocycles. The van der Waals surface area contributed by atoms with E-state index in [1.165, 1.54) is 12.1 Å². The number of hydrogen-bond donors (Lipinski definition) is 0.